The lowest BCUT2D eigenvalue weighted by Gasteiger charge is -2.32. The molecule has 0 spiro atoms. The van der Waals surface area contributed by atoms with Crippen molar-refractivity contribution in [2.24, 2.45) is 5.92 Å². The number of hydrogen-bond acceptors (Lipinski definition) is 7. The number of nitrogens with two attached hydrogens (primary N) is 1. The molecule has 2 heterocycles. The van der Waals surface area contributed by atoms with E-state index in [0.717, 1.165) is 38.8 Å². The smallest absolute Gasteiger partial charge is 0.353 e. The van der Waals surface area contributed by atoms with Crippen LogP contribution in [0.4, 0.5) is 23.3 Å². The second-order valence-electron chi connectivity index (χ2n) is 7.03. The molecule has 132 valence electrons. The van der Waals surface area contributed by atoms with Crippen molar-refractivity contribution in [1.29, 1.82) is 0 Å². The summed E-state index contributed by atoms with van der Waals surface area (Å²) >= 11 is 0. The molecule has 1 aliphatic heterocycles. The van der Waals surface area contributed by atoms with Crippen LogP contribution in [0.5, 0.6) is 0 Å². The lowest BCUT2D eigenvalue weighted by molar-refractivity contribution is -0.383. The molecular weight excluding hydrogens is 308 g/mol. The molecule has 0 bridgehead atoms. The summed E-state index contributed by atoms with van der Waals surface area (Å²) < 4.78 is 0. The SMILES string of the molecule is C[C@H]1CCCN(c2nc(NC3CCCCC3)nc(N)c2[N+](=O)[O-])C1. The Morgan fingerprint density at radius 3 is 2.62 bits per heavy atom. The summed E-state index contributed by atoms with van der Waals surface area (Å²) in [6.45, 7) is 3.69. The molecule has 0 unspecified atom stereocenters. The van der Waals surface area contributed by atoms with Crippen molar-refractivity contribution >= 4 is 23.3 Å². The molecule has 1 saturated heterocycles. The molecule has 8 nitrogen and oxygen atoms in total. The molecule has 0 aromatic carbocycles. The van der Waals surface area contributed by atoms with E-state index < -0.39 is 4.92 Å². The summed E-state index contributed by atoms with van der Waals surface area (Å²) in [6.07, 6.45) is 7.95. The topological polar surface area (TPSA) is 110 Å². The van der Waals surface area contributed by atoms with Gasteiger partial charge >= 0.3 is 5.69 Å². The quantitative estimate of drug-likeness (QED) is 0.643. The first-order valence-corrected chi connectivity index (χ1v) is 8.88. The van der Waals surface area contributed by atoms with Gasteiger partial charge in [0, 0.05) is 19.1 Å². The molecule has 1 aliphatic carbocycles. The molecule has 0 amide bonds. The summed E-state index contributed by atoms with van der Waals surface area (Å²) in [6, 6.07) is 0.327. The van der Waals surface area contributed by atoms with Crippen molar-refractivity contribution in [3.05, 3.63) is 10.1 Å². The van der Waals surface area contributed by atoms with E-state index in [2.05, 4.69) is 22.2 Å². The Bertz CT molecular complexity index is 602. The Morgan fingerprint density at radius 1 is 1.21 bits per heavy atom. The van der Waals surface area contributed by atoms with E-state index in [9.17, 15) is 10.1 Å². The summed E-state index contributed by atoms with van der Waals surface area (Å²) in [7, 11) is 0. The first kappa shape index (κ1) is 16.7. The van der Waals surface area contributed by atoms with E-state index in [1.54, 1.807) is 0 Å². The highest BCUT2D eigenvalue weighted by Gasteiger charge is 2.30. The first-order chi connectivity index (χ1) is 11.5. The molecule has 24 heavy (non-hydrogen) atoms. The number of nitrogens with zero attached hydrogens (tertiary/aromatic N) is 4. The number of piperidine rings is 1. The lowest BCUT2D eigenvalue weighted by Crippen LogP contribution is -2.36. The standard InChI is InChI=1S/C16H26N6O2/c1-11-6-5-9-21(10-11)15-13(22(23)24)14(17)19-16(20-15)18-12-7-3-2-4-8-12/h11-12H,2-10H2,1H3,(H3,17,18,19,20)/t11-/m0/s1. The Morgan fingerprint density at radius 2 is 1.96 bits per heavy atom. The minimum atomic E-state index is -0.464. The van der Waals surface area contributed by atoms with E-state index in [1.807, 2.05) is 4.90 Å². The number of nitro groups is 1. The third-order valence-electron chi connectivity index (χ3n) is 4.97. The van der Waals surface area contributed by atoms with Gasteiger partial charge < -0.3 is 16.0 Å². The van der Waals surface area contributed by atoms with Crippen LogP contribution in [0.1, 0.15) is 51.9 Å². The van der Waals surface area contributed by atoms with Gasteiger partial charge in [0.05, 0.1) is 4.92 Å². The van der Waals surface area contributed by atoms with Crippen LogP contribution in [0.15, 0.2) is 0 Å². The molecule has 1 saturated carbocycles. The van der Waals surface area contributed by atoms with Crippen LogP contribution in [0.3, 0.4) is 0 Å². The van der Waals surface area contributed by atoms with Crippen LogP contribution in [0.25, 0.3) is 0 Å². The highest BCUT2D eigenvalue weighted by molar-refractivity contribution is 5.71. The van der Waals surface area contributed by atoms with Crippen molar-refractivity contribution in [3.8, 4) is 0 Å². The van der Waals surface area contributed by atoms with Gasteiger partial charge in [-0.3, -0.25) is 10.1 Å². The number of nitrogen functional groups attached to an aromatic ring is 1. The number of aromatic nitrogens is 2. The molecule has 1 aromatic rings. The van der Waals surface area contributed by atoms with E-state index in [1.165, 1.54) is 19.3 Å². The fraction of sp³-hybridized carbons (Fsp3) is 0.750. The normalized spacial score (nSPS) is 22.4. The fourth-order valence-electron chi connectivity index (χ4n) is 3.73. The fourth-order valence-corrected chi connectivity index (χ4v) is 3.73. The van der Waals surface area contributed by atoms with Gasteiger partial charge in [-0.1, -0.05) is 26.2 Å². The Balaban J connectivity index is 1.89. The zero-order valence-electron chi connectivity index (χ0n) is 14.2. The van der Waals surface area contributed by atoms with Gasteiger partial charge in [0.1, 0.15) is 0 Å². The predicted molar refractivity (Wildman–Crippen MR) is 94.2 cm³/mol. The molecule has 3 N–H and O–H groups in total. The average molecular weight is 334 g/mol. The van der Waals surface area contributed by atoms with Crippen LogP contribution in [-0.2, 0) is 0 Å². The van der Waals surface area contributed by atoms with Crippen molar-refractivity contribution in [3.63, 3.8) is 0 Å². The Kier molecular flexibility index (Phi) is 5.01. The zero-order chi connectivity index (χ0) is 17.1. The van der Waals surface area contributed by atoms with Crippen molar-refractivity contribution in [1.82, 2.24) is 9.97 Å². The molecule has 3 rings (SSSR count). The summed E-state index contributed by atoms with van der Waals surface area (Å²) in [5.74, 6) is 1.21. The molecular formula is C16H26N6O2. The monoisotopic (exact) mass is 334 g/mol. The number of anilines is 3. The highest BCUT2D eigenvalue weighted by Crippen LogP contribution is 2.34. The molecule has 1 atom stereocenters. The van der Waals surface area contributed by atoms with Gasteiger partial charge in [-0.2, -0.15) is 9.97 Å². The van der Waals surface area contributed by atoms with Crippen molar-refractivity contribution in [2.45, 2.75) is 57.9 Å². The van der Waals surface area contributed by atoms with Gasteiger partial charge in [0.2, 0.25) is 17.6 Å². The third kappa shape index (κ3) is 3.68. The molecule has 0 radical (unpaired) electrons. The van der Waals surface area contributed by atoms with E-state index in [4.69, 9.17) is 5.73 Å². The Labute approximate surface area is 142 Å². The second-order valence-corrected chi connectivity index (χ2v) is 7.03. The van der Waals surface area contributed by atoms with Crippen LogP contribution in [0, 0.1) is 16.0 Å². The number of hydrogen-bond donors (Lipinski definition) is 2. The molecule has 2 fully saturated rings. The molecule has 2 aliphatic rings. The predicted octanol–water partition coefficient (Wildman–Crippen LogP) is 2.95. The van der Waals surface area contributed by atoms with Crippen LogP contribution < -0.4 is 16.0 Å². The third-order valence-corrected chi connectivity index (χ3v) is 4.97. The van der Waals surface area contributed by atoms with Gasteiger partial charge in [0.25, 0.3) is 0 Å². The van der Waals surface area contributed by atoms with Gasteiger partial charge in [-0.25, -0.2) is 0 Å². The number of nitrogens with one attached hydrogen (secondary N) is 1. The Hall–Kier alpha value is -2.12. The summed E-state index contributed by atoms with van der Waals surface area (Å²) in [5.41, 5.74) is 5.74. The van der Waals surface area contributed by atoms with Crippen LogP contribution >= 0.6 is 0 Å². The minimum absolute atomic E-state index is 0.0541. The maximum atomic E-state index is 11.5. The highest BCUT2D eigenvalue weighted by atomic mass is 16.6. The summed E-state index contributed by atoms with van der Waals surface area (Å²) in [5, 5.41) is 14.8. The van der Waals surface area contributed by atoms with E-state index in [0.29, 0.717) is 23.7 Å². The largest absolute Gasteiger partial charge is 0.378 e. The maximum Gasteiger partial charge on any atom is 0.353 e. The van der Waals surface area contributed by atoms with Crippen molar-refractivity contribution in [2.75, 3.05) is 29.0 Å². The van der Waals surface area contributed by atoms with Crippen LogP contribution in [0.2, 0.25) is 0 Å². The maximum absolute atomic E-state index is 11.5. The van der Waals surface area contributed by atoms with Gasteiger partial charge in [0.15, 0.2) is 0 Å². The van der Waals surface area contributed by atoms with Gasteiger partial charge in [-0.15, -0.1) is 0 Å². The minimum Gasteiger partial charge on any atom is -0.378 e. The van der Waals surface area contributed by atoms with Crippen LogP contribution in [-0.4, -0.2) is 34.0 Å². The lowest BCUT2D eigenvalue weighted by atomic mass is 9.96. The van der Waals surface area contributed by atoms with E-state index >= 15 is 0 Å². The number of rotatable bonds is 4. The summed E-state index contributed by atoms with van der Waals surface area (Å²) in [4.78, 5) is 21.6. The van der Waals surface area contributed by atoms with E-state index in [-0.39, 0.29) is 11.5 Å². The second kappa shape index (κ2) is 7.19. The van der Waals surface area contributed by atoms with Crippen molar-refractivity contribution < 1.29 is 4.92 Å². The first-order valence-electron chi connectivity index (χ1n) is 8.88. The van der Waals surface area contributed by atoms with Gasteiger partial charge in [-0.05, 0) is 31.6 Å². The molecule has 8 heteroatoms. The molecule has 1 aromatic heterocycles. The average Bonchev–Trinajstić information content (AvgIpc) is 2.55. The zero-order valence-corrected chi connectivity index (χ0v) is 14.2.